The molecule has 2 aromatic rings. The predicted octanol–water partition coefficient (Wildman–Crippen LogP) is 2.41. The Morgan fingerprint density at radius 2 is 2.41 bits per heavy atom. The second kappa shape index (κ2) is 4.92. The van der Waals surface area contributed by atoms with Gasteiger partial charge in [-0.05, 0) is 18.6 Å². The molecule has 1 unspecified atom stereocenters. The molecule has 2 heterocycles. The van der Waals surface area contributed by atoms with Crippen molar-refractivity contribution in [3.63, 3.8) is 0 Å². The van der Waals surface area contributed by atoms with Crippen LogP contribution in [-0.2, 0) is 0 Å². The number of aromatic carboxylic acids is 1. The topological polar surface area (TPSA) is 75.1 Å². The molecule has 0 aliphatic carbocycles. The number of hydrogen-bond donors (Lipinski definition) is 2. The minimum Gasteiger partial charge on any atom is -0.476 e. The second-order valence-electron chi connectivity index (χ2n) is 3.50. The van der Waals surface area contributed by atoms with E-state index < -0.39 is 5.97 Å². The van der Waals surface area contributed by atoms with Crippen molar-refractivity contribution in [1.82, 2.24) is 9.97 Å². The van der Waals surface area contributed by atoms with Crippen molar-refractivity contribution in [3.05, 3.63) is 41.2 Å². The van der Waals surface area contributed by atoms with E-state index in [1.807, 2.05) is 19.1 Å². The zero-order valence-corrected chi connectivity index (χ0v) is 9.94. The smallest absolute Gasteiger partial charge is 0.355 e. The SMILES string of the molecule is CC(Nc1nc(C(=O)O)cs1)c1cccnc1. The molecule has 2 aromatic heterocycles. The van der Waals surface area contributed by atoms with Gasteiger partial charge in [0.25, 0.3) is 0 Å². The molecule has 2 rings (SSSR count). The van der Waals surface area contributed by atoms with E-state index in [4.69, 9.17) is 5.11 Å². The number of nitrogens with zero attached hydrogens (tertiary/aromatic N) is 2. The highest BCUT2D eigenvalue weighted by Crippen LogP contribution is 2.21. The zero-order valence-electron chi connectivity index (χ0n) is 9.12. The van der Waals surface area contributed by atoms with Crippen LogP contribution >= 0.6 is 11.3 Å². The van der Waals surface area contributed by atoms with E-state index in [0.29, 0.717) is 5.13 Å². The molecule has 17 heavy (non-hydrogen) atoms. The zero-order chi connectivity index (χ0) is 12.3. The predicted molar refractivity (Wildman–Crippen MR) is 65.3 cm³/mol. The molecule has 5 nitrogen and oxygen atoms in total. The Balaban J connectivity index is 2.08. The van der Waals surface area contributed by atoms with Crippen molar-refractivity contribution in [2.75, 3.05) is 5.32 Å². The summed E-state index contributed by atoms with van der Waals surface area (Å²) in [7, 11) is 0. The first-order chi connectivity index (χ1) is 8.16. The first-order valence-electron chi connectivity index (χ1n) is 5.02. The molecule has 0 saturated carbocycles. The van der Waals surface area contributed by atoms with E-state index in [-0.39, 0.29) is 11.7 Å². The Hall–Kier alpha value is -1.95. The third-order valence-electron chi connectivity index (χ3n) is 2.25. The molecule has 6 heteroatoms. The standard InChI is InChI=1S/C11H11N3O2S/c1-7(8-3-2-4-12-5-8)13-11-14-9(6-17-11)10(15)16/h2-7H,1H3,(H,13,14)(H,15,16). The van der Waals surface area contributed by atoms with Gasteiger partial charge in [0.15, 0.2) is 10.8 Å². The molecule has 0 aliphatic heterocycles. The van der Waals surface area contributed by atoms with Crippen LogP contribution in [0.4, 0.5) is 5.13 Å². The van der Waals surface area contributed by atoms with E-state index in [1.165, 1.54) is 16.7 Å². The van der Waals surface area contributed by atoms with Gasteiger partial charge < -0.3 is 10.4 Å². The average Bonchev–Trinajstić information content (AvgIpc) is 2.79. The van der Waals surface area contributed by atoms with Crippen LogP contribution in [0.1, 0.15) is 29.0 Å². The number of thiazole rings is 1. The maximum absolute atomic E-state index is 10.7. The van der Waals surface area contributed by atoms with Crippen LogP contribution in [0.5, 0.6) is 0 Å². The Bertz CT molecular complexity index is 512. The van der Waals surface area contributed by atoms with Crippen LogP contribution in [0, 0.1) is 0 Å². The first kappa shape index (κ1) is 11.5. The number of carboxylic acids is 1. The molecule has 0 aliphatic rings. The van der Waals surface area contributed by atoms with Gasteiger partial charge in [0, 0.05) is 17.8 Å². The fourth-order valence-corrected chi connectivity index (χ4v) is 2.11. The number of carbonyl (C=O) groups is 1. The number of carboxylic acid groups (broad SMARTS) is 1. The van der Waals surface area contributed by atoms with Gasteiger partial charge in [-0.15, -0.1) is 11.3 Å². The largest absolute Gasteiger partial charge is 0.476 e. The Kier molecular flexibility index (Phi) is 3.34. The minimum absolute atomic E-state index is 0.0384. The van der Waals surface area contributed by atoms with Gasteiger partial charge in [0.1, 0.15) is 0 Å². The van der Waals surface area contributed by atoms with E-state index in [2.05, 4.69) is 15.3 Å². The lowest BCUT2D eigenvalue weighted by molar-refractivity contribution is 0.0691. The Labute approximate surface area is 102 Å². The van der Waals surface area contributed by atoms with Crippen molar-refractivity contribution >= 4 is 22.4 Å². The molecule has 0 bridgehead atoms. The molecule has 0 aromatic carbocycles. The number of nitrogens with one attached hydrogen (secondary N) is 1. The van der Waals surface area contributed by atoms with Crippen LogP contribution in [0.15, 0.2) is 29.9 Å². The minimum atomic E-state index is -1.01. The summed E-state index contributed by atoms with van der Waals surface area (Å²) in [6.07, 6.45) is 3.48. The van der Waals surface area contributed by atoms with Gasteiger partial charge in [-0.25, -0.2) is 9.78 Å². The molecule has 1 atom stereocenters. The normalized spacial score (nSPS) is 12.1. The summed E-state index contributed by atoms with van der Waals surface area (Å²) in [5.74, 6) is -1.01. The van der Waals surface area contributed by atoms with Gasteiger partial charge in [-0.2, -0.15) is 0 Å². The summed E-state index contributed by atoms with van der Waals surface area (Å²) < 4.78 is 0. The number of hydrogen-bond acceptors (Lipinski definition) is 5. The third kappa shape index (κ3) is 2.79. The Morgan fingerprint density at radius 1 is 1.59 bits per heavy atom. The van der Waals surface area contributed by atoms with Crippen LogP contribution in [0.2, 0.25) is 0 Å². The van der Waals surface area contributed by atoms with Crippen molar-refractivity contribution in [1.29, 1.82) is 0 Å². The van der Waals surface area contributed by atoms with Crippen LogP contribution in [-0.4, -0.2) is 21.0 Å². The van der Waals surface area contributed by atoms with Gasteiger partial charge in [-0.1, -0.05) is 6.07 Å². The third-order valence-corrected chi connectivity index (χ3v) is 3.02. The molecule has 0 fully saturated rings. The van der Waals surface area contributed by atoms with Crippen molar-refractivity contribution in [2.45, 2.75) is 13.0 Å². The van der Waals surface area contributed by atoms with E-state index >= 15 is 0 Å². The maximum Gasteiger partial charge on any atom is 0.355 e. The maximum atomic E-state index is 10.7. The molecule has 0 saturated heterocycles. The summed E-state index contributed by atoms with van der Waals surface area (Å²) in [5, 5.41) is 14.0. The van der Waals surface area contributed by atoms with Crippen LogP contribution < -0.4 is 5.32 Å². The highest BCUT2D eigenvalue weighted by molar-refractivity contribution is 7.13. The molecular formula is C11H11N3O2S. The molecule has 0 radical (unpaired) electrons. The van der Waals surface area contributed by atoms with Gasteiger partial charge in [-0.3, -0.25) is 4.98 Å². The second-order valence-corrected chi connectivity index (χ2v) is 4.35. The molecular weight excluding hydrogens is 238 g/mol. The number of pyridine rings is 1. The van der Waals surface area contributed by atoms with Gasteiger partial charge in [0.2, 0.25) is 0 Å². The van der Waals surface area contributed by atoms with E-state index in [1.54, 1.807) is 12.4 Å². The van der Waals surface area contributed by atoms with Gasteiger partial charge in [0.05, 0.1) is 6.04 Å². The summed E-state index contributed by atoms with van der Waals surface area (Å²) >= 11 is 1.28. The van der Waals surface area contributed by atoms with Crippen molar-refractivity contribution in [3.8, 4) is 0 Å². The lowest BCUT2D eigenvalue weighted by Crippen LogP contribution is -2.07. The average molecular weight is 249 g/mol. The fourth-order valence-electron chi connectivity index (χ4n) is 1.34. The van der Waals surface area contributed by atoms with Crippen LogP contribution in [0.25, 0.3) is 0 Å². The molecule has 88 valence electrons. The number of rotatable bonds is 4. The highest BCUT2D eigenvalue weighted by atomic mass is 32.1. The molecule has 0 amide bonds. The number of aromatic nitrogens is 2. The van der Waals surface area contributed by atoms with Gasteiger partial charge >= 0.3 is 5.97 Å². The highest BCUT2D eigenvalue weighted by Gasteiger charge is 2.11. The quantitative estimate of drug-likeness (QED) is 0.870. The van der Waals surface area contributed by atoms with Crippen molar-refractivity contribution in [2.24, 2.45) is 0 Å². The monoisotopic (exact) mass is 249 g/mol. The van der Waals surface area contributed by atoms with E-state index in [0.717, 1.165) is 5.56 Å². The summed E-state index contributed by atoms with van der Waals surface area (Å²) in [6.45, 7) is 1.97. The fraction of sp³-hybridized carbons (Fsp3) is 0.182. The van der Waals surface area contributed by atoms with E-state index in [9.17, 15) is 4.79 Å². The summed E-state index contributed by atoms with van der Waals surface area (Å²) in [5.41, 5.74) is 1.09. The first-order valence-corrected chi connectivity index (χ1v) is 5.90. The molecule has 0 spiro atoms. The Morgan fingerprint density at radius 3 is 3.00 bits per heavy atom. The van der Waals surface area contributed by atoms with Crippen molar-refractivity contribution < 1.29 is 9.90 Å². The van der Waals surface area contributed by atoms with Crippen LogP contribution in [0.3, 0.4) is 0 Å². The summed E-state index contributed by atoms with van der Waals surface area (Å²) in [4.78, 5) is 18.7. The lowest BCUT2D eigenvalue weighted by Gasteiger charge is -2.12. The number of anilines is 1. The summed E-state index contributed by atoms with van der Waals surface area (Å²) in [6, 6.07) is 3.85. The molecule has 2 N–H and O–H groups in total. The lowest BCUT2D eigenvalue weighted by atomic mass is 10.1.